The van der Waals surface area contributed by atoms with Gasteiger partial charge in [-0.15, -0.1) is 0 Å². The summed E-state index contributed by atoms with van der Waals surface area (Å²) < 4.78 is 1.08. The minimum Gasteiger partial charge on any atom is -0.331 e. The molecular weight excluding hydrogens is 353 g/mol. The zero-order chi connectivity index (χ0) is 13.7. The number of rotatable bonds is 3. The summed E-state index contributed by atoms with van der Waals surface area (Å²) in [5.74, 6) is 0. The molecule has 0 aliphatic rings. The van der Waals surface area contributed by atoms with Gasteiger partial charge in [0.25, 0.3) is 0 Å². The average Bonchev–Trinajstić information content (AvgIpc) is 2.39. The van der Waals surface area contributed by atoms with E-state index < -0.39 is 0 Å². The molecule has 1 aromatic carbocycles. The van der Waals surface area contributed by atoms with Crippen LogP contribution in [0.5, 0.6) is 0 Å². The summed E-state index contributed by atoms with van der Waals surface area (Å²) >= 11 is 2.21. The lowest BCUT2D eigenvalue weighted by Gasteiger charge is -2.14. The second kappa shape index (κ2) is 6.51. The lowest BCUT2D eigenvalue weighted by molar-refractivity contribution is 0.249. The Balaban J connectivity index is 1.95. The Morgan fingerprint density at radius 3 is 2.68 bits per heavy atom. The van der Waals surface area contributed by atoms with Crippen LogP contribution in [0.1, 0.15) is 18.5 Å². The van der Waals surface area contributed by atoms with E-state index >= 15 is 0 Å². The van der Waals surface area contributed by atoms with Crippen LogP contribution < -0.4 is 10.6 Å². The number of aromatic nitrogens is 1. The summed E-state index contributed by atoms with van der Waals surface area (Å²) in [7, 11) is 0. The molecule has 0 aliphatic heterocycles. The first kappa shape index (κ1) is 13.8. The van der Waals surface area contributed by atoms with Crippen LogP contribution in [0, 0.1) is 3.57 Å². The first-order chi connectivity index (χ1) is 9.15. The summed E-state index contributed by atoms with van der Waals surface area (Å²) in [6, 6.07) is 11.1. The summed E-state index contributed by atoms with van der Waals surface area (Å²) in [4.78, 5) is 15.8. The number of benzene rings is 1. The highest BCUT2D eigenvalue weighted by Crippen LogP contribution is 2.13. The van der Waals surface area contributed by atoms with E-state index in [4.69, 9.17) is 0 Å². The van der Waals surface area contributed by atoms with Crippen molar-refractivity contribution in [3.05, 3.63) is 57.9 Å². The highest BCUT2D eigenvalue weighted by molar-refractivity contribution is 14.1. The first-order valence-electron chi connectivity index (χ1n) is 5.88. The van der Waals surface area contributed by atoms with Crippen LogP contribution in [0.25, 0.3) is 0 Å². The number of amides is 2. The SMILES string of the molecule is C[C@H](NC(=O)Nc1cccc(I)c1)c1ccncc1. The molecule has 0 bridgehead atoms. The number of hydrogen-bond acceptors (Lipinski definition) is 2. The maximum absolute atomic E-state index is 11.9. The van der Waals surface area contributed by atoms with E-state index in [2.05, 4.69) is 38.2 Å². The van der Waals surface area contributed by atoms with Gasteiger partial charge in [0.1, 0.15) is 0 Å². The molecule has 0 unspecified atom stereocenters. The van der Waals surface area contributed by atoms with Gasteiger partial charge in [-0.3, -0.25) is 4.98 Å². The van der Waals surface area contributed by atoms with Gasteiger partial charge in [0.15, 0.2) is 0 Å². The lowest BCUT2D eigenvalue weighted by atomic mass is 10.1. The summed E-state index contributed by atoms with van der Waals surface area (Å²) in [6.45, 7) is 1.93. The van der Waals surface area contributed by atoms with Crippen molar-refractivity contribution in [2.45, 2.75) is 13.0 Å². The van der Waals surface area contributed by atoms with E-state index in [0.717, 1.165) is 14.8 Å². The molecule has 19 heavy (non-hydrogen) atoms. The zero-order valence-corrected chi connectivity index (χ0v) is 12.6. The minimum absolute atomic E-state index is 0.0641. The predicted molar refractivity (Wildman–Crippen MR) is 84.0 cm³/mol. The molecule has 0 fully saturated rings. The molecule has 0 aliphatic carbocycles. The fourth-order valence-corrected chi connectivity index (χ4v) is 2.21. The van der Waals surface area contributed by atoms with Gasteiger partial charge in [0.05, 0.1) is 6.04 Å². The van der Waals surface area contributed by atoms with Crippen molar-refractivity contribution in [2.24, 2.45) is 0 Å². The van der Waals surface area contributed by atoms with E-state index in [0.29, 0.717) is 0 Å². The van der Waals surface area contributed by atoms with Gasteiger partial charge in [-0.25, -0.2) is 4.79 Å². The largest absolute Gasteiger partial charge is 0.331 e. The lowest BCUT2D eigenvalue weighted by Crippen LogP contribution is -2.31. The Labute approximate surface area is 125 Å². The number of urea groups is 1. The van der Waals surface area contributed by atoms with Crippen LogP contribution in [-0.2, 0) is 0 Å². The summed E-state index contributed by atoms with van der Waals surface area (Å²) in [6.07, 6.45) is 3.43. The van der Waals surface area contributed by atoms with Gasteiger partial charge < -0.3 is 10.6 Å². The number of hydrogen-bond donors (Lipinski definition) is 2. The summed E-state index contributed by atoms with van der Waals surface area (Å²) in [5, 5.41) is 5.70. The Bertz CT molecular complexity index is 560. The number of carbonyl (C=O) groups is 1. The molecule has 1 atom stereocenters. The molecule has 2 amide bonds. The van der Waals surface area contributed by atoms with Gasteiger partial charge in [-0.05, 0) is 65.4 Å². The molecule has 0 saturated heterocycles. The van der Waals surface area contributed by atoms with Gasteiger partial charge in [0, 0.05) is 21.7 Å². The third-order valence-electron chi connectivity index (χ3n) is 2.64. The molecule has 0 radical (unpaired) electrons. The maximum Gasteiger partial charge on any atom is 0.319 e. The standard InChI is InChI=1S/C14H14IN3O/c1-10(11-5-7-16-8-6-11)17-14(19)18-13-4-2-3-12(15)9-13/h2-10H,1H3,(H2,17,18,19)/t10-/m0/s1. The van der Waals surface area contributed by atoms with Crippen molar-refractivity contribution in [1.82, 2.24) is 10.3 Å². The van der Waals surface area contributed by atoms with Crippen molar-refractivity contribution < 1.29 is 4.79 Å². The number of halogens is 1. The Hall–Kier alpha value is -1.63. The second-order valence-electron chi connectivity index (χ2n) is 4.11. The topological polar surface area (TPSA) is 54.0 Å². The average molecular weight is 367 g/mol. The van der Waals surface area contributed by atoms with Crippen molar-refractivity contribution in [3.8, 4) is 0 Å². The molecular formula is C14H14IN3O. The summed E-state index contributed by atoms with van der Waals surface area (Å²) in [5.41, 5.74) is 1.80. The van der Waals surface area contributed by atoms with Crippen molar-refractivity contribution in [3.63, 3.8) is 0 Å². The van der Waals surface area contributed by atoms with Crippen LogP contribution in [0.4, 0.5) is 10.5 Å². The molecule has 0 saturated carbocycles. The minimum atomic E-state index is -0.216. The number of nitrogens with one attached hydrogen (secondary N) is 2. The second-order valence-corrected chi connectivity index (χ2v) is 5.36. The normalized spacial score (nSPS) is 11.7. The molecule has 2 rings (SSSR count). The van der Waals surface area contributed by atoms with Gasteiger partial charge in [0.2, 0.25) is 0 Å². The number of nitrogens with zero attached hydrogens (tertiary/aromatic N) is 1. The molecule has 5 heteroatoms. The van der Waals surface area contributed by atoms with Crippen molar-refractivity contribution in [1.29, 1.82) is 0 Å². The Morgan fingerprint density at radius 2 is 2.00 bits per heavy atom. The molecule has 98 valence electrons. The monoisotopic (exact) mass is 367 g/mol. The van der Waals surface area contributed by atoms with Crippen LogP contribution in [0.3, 0.4) is 0 Å². The van der Waals surface area contributed by atoms with E-state index in [-0.39, 0.29) is 12.1 Å². The molecule has 1 aromatic heterocycles. The van der Waals surface area contributed by atoms with Crippen molar-refractivity contribution >= 4 is 34.3 Å². The highest BCUT2D eigenvalue weighted by Gasteiger charge is 2.09. The Kier molecular flexibility index (Phi) is 4.73. The van der Waals surface area contributed by atoms with Crippen molar-refractivity contribution in [2.75, 3.05) is 5.32 Å². The van der Waals surface area contributed by atoms with Gasteiger partial charge >= 0.3 is 6.03 Å². The third-order valence-corrected chi connectivity index (χ3v) is 3.31. The van der Waals surface area contributed by atoms with E-state index in [9.17, 15) is 4.79 Å². The van der Waals surface area contributed by atoms with E-state index in [1.54, 1.807) is 12.4 Å². The molecule has 0 spiro atoms. The van der Waals surface area contributed by atoms with Crippen LogP contribution in [0.15, 0.2) is 48.8 Å². The van der Waals surface area contributed by atoms with E-state index in [1.165, 1.54) is 0 Å². The number of carbonyl (C=O) groups excluding carboxylic acids is 1. The first-order valence-corrected chi connectivity index (χ1v) is 6.96. The van der Waals surface area contributed by atoms with Gasteiger partial charge in [-0.1, -0.05) is 6.07 Å². The van der Waals surface area contributed by atoms with Gasteiger partial charge in [-0.2, -0.15) is 0 Å². The fourth-order valence-electron chi connectivity index (χ4n) is 1.67. The zero-order valence-electron chi connectivity index (χ0n) is 10.4. The molecule has 4 nitrogen and oxygen atoms in total. The highest BCUT2D eigenvalue weighted by atomic mass is 127. The van der Waals surface area contributed by atoms with Crippen LogP contribution >= 0.6 is 22.6 Å². The molecule has 2 aromatic rings. The van der Waals surface area contributed by atoms with Crippen LogP contribution in [0.2, 0.25) is 0 Å². The third kappa shape index (κ3) is 4.20. The smallest absolute Gasteiger partial charge is 0.319 e. The molecule has 1 heterocycles. The quantitative estimate of drug-likeness (QED) is 0.815. The maximum atomic E-state index is 11.9. The van der Waals surface area contributed by atoms with Crippen LogP contribution in [-0.4, -0.2) is 11.0 Å². The Morgan fingerprint density at radius 1 is 1.26 bits per heavy atom. The fraction of sp³-hybridized carbons (Fsp3) is 0.143. The predicted octanol–water partition coefficient (Wildman–Crippen LogP) is 3.57. The number of pyridine rings is 1. The van der Waals surface area contributed by atoms with E-state index in [1.807, 2.05) is 43.3 Å². The molecule has 2 N–H and O–H groups in total. The number of anilines is 1.